The second kappa shape index (κ2) is 6.44. The third kappa shape index (κ3) is 3.98. The van der Waals surface area contributed by atoms with Gasteiger partial charge in [0.2, 0.25) is 0 Å². The fraction of sp³-hybridized carbons (Fsp3) is 0.533. The van der Waals surface area contributed by atoms with Gasteiger partial charge in [0, 0.05) is 19.1 Å². The molecule has 0 saturated heterocycles. The molecular formula is C15H21FN2S. The van der Waals surface area contributed by atoms with E-state index in [2.05, 4.69) is 4.90 Å². The Morgan fingerprint density at radius 2 is 2.11 bits per heavy atom. The van der Waals surface area contributed by atoms with E-state index < -0.39 is 0 Å². The lowest BCUT2D eigenvalue weighted by atomic mass is 10.1. The van der Waals surface area contributed by atoms with Crippen LogP contribution in [0.25, 0.3) is 0 Å². The summed E-state index contributed by atoms with van der Waals surface area (Å²) in [6.45, 7) is 3.37. The normalized spacial score (nSPS) is 16.2. The molecule has 0 atom stereocenters. The lowest BCUT2D eigenvalue weighted by molar-refractivity contribution is 0.218. The van der Waals surface area contributed by atoms with E-state index in [1.54, 1.807) is 6.07 Å². The maximum absolute atomic E-state index is 13.4. The van der Waals surface area contributed by atoms with Crippen LogP contribution in [-0.2, 0) is 6.54 Å². The molecule has 0 bridgehead atoms. The Hall–Kier alpha value is -1.00. The molecule has 0 unspecified atom stereocenters. The smallest absolute Gasteiger partial charge is 0.123 e. The van der Waals surface area contributed by atoms with E-state index in [4.69, 9.17) is 18.0 Å². The zero-order chi connectivity index (χ0) is 13.8. The van der Waals surface area contributed by atoms with E-state index in [9.17, 15) is 4.39 Å². The average Bonchev–Trinajstić information content (AvgIpc) is 2.86. The van der Waals surface area contributed by atoms with Gasteiger partial charge in [0.15, 0.2) is 0 Å². The minimum absolute atomic E-state index is 0.178. The maximum Gasteiger partial charge on any atom is 0.123 e. The molecule has 1 saturated carbocycles. The number of rotatable bonds is 5. The zero-order valence-corrected chi connectivity index (χ0v) is 12.2. The van der Waals surface area contributed by atoms with Crippen LogP contribution in [0.5, 0.6) is 0 Å². The first-order valence-electron chi connectivity index (χ1n) is 6.83. The first-order chi connectivity index (χ1) is 9.06. The number of hydrogen-bond donors (Lipinski definition) is 1. The second-order valence-corrected chi connectivity index (χ2v) is 5.90. The standard InChI is InChI=1S/C15H21FN2S/c1-11-6-7-13(16)8-12(11)9-18(10-15(17)19)14-4-2-3-5-14/h6-8,14H,2-5,9-10H2,1H3,(H2,17,19). The summed E-state index contributed by atoms with van der Waals surface area (Å²) in [7, 11) is 0. The topological polar surface area (TPSA) is 29.3 Å². The van der Waals surface area contributed by atoms with E-state index in [0.717, 1.165) is 17.7 Å². The van der Waals surface area contributed by atoms with Crippen LogP contribution in [0.1, 0.15) is 36.8 Å². The van der Waals surface area contributed by atoms with Gasteiger partial charge in [0.1, 0.15) is 5.82 Å². The Morgan fingerprint density at radius 1 is 1.42 bits per heavy atom. The van der Waals surface area contributed by atoms with Crippen LogP contribution in [0.3, 0.4) is 0 Å². The average molecular weight is 280 g/mol. The monoisotopic (exact) mass is 280 g/mol. The first-order valence-corrected chi connectivity index (χ1v) is 7.24. The van der Waals surface area contributed by atoms with Gasteiger partial charge in [-0.2, -0.15) is 0 Å². The Balaban J connectivity index is 2.14. The number of halogens is 1. The molecule has 2 rings (SSSR count). The molecule has 0 heterocycles. The summed E-state index contributed by atoms with van der Waals surface area (Å²) in [5, 5.41) is 0. The maximum atomic E-state index is 13.4. The number of aryl methyl sites for hydroxylation is 1. The summed E-state index contributed by atoms with van der Waals surface area (Å²) in [5.74, 6) is -0.178. The fourth-order valence-electron chi connectivity index (χ4n) is 2.81. The molecule has 104 valence electrons. The molecule has 0 aliphatic heterocycles. The molecule has 1 aliphatic rings. The molecule has 0 radical (unpaired) electrons. The highest BCUT2D eigenvalue weighted by molar-refractivity contribution is 7.80. The third-order valence-corrected chi connectivity index (χ3v) is 4.01. The van der Waals surface area contributed by atoms with Crippen LogP contribution >= 0.6 is 12.2 Å². The minimum atomic E-state index is -0.178. The van der Waals surface area contributed by atoms with Crippen molar-refractivity contribution in [3.8, 4) is 0 Å². The SMILES string of the molecule is Cc1ccc(F)cc1CN(CC(N)=S)C1CCCC1. The highest BCUT2D eigenvalue weighted by atomic mass is 32.1. The molecule has 0 amide bonds. The Labute approximate surface area is 119 Å². The molecule has 19 heavy (non-hydrogen) atoms. The highest BCUT2D eigenvalue weighted by Crippen LogP contribution is 2.25. The number of nitrogens with zero attached hydrogens (tertiary/aromatic N) is 1. The van der Waals surface area contributed by atoms with Crippen LogP contribution < -0.4 is 5.73 Å². The van der Waals surface area contributed by atoms with Crippen molar-refractivity contribution in [1.82, 2.24) is 4.90 Å². The van der Waals surface area contributed by atoms with Gasteiger partial charge in [-0.25, -0.2) is 4.39 Å². The molecule has 0 aromatic heterocycles. The lowest BCUT2D eigenvalue weighted by Crippen LogP contribution is -2.39. The second-order valence-electron chi connectivity index (χ2n) is 5.38. The largest absolute Gasteiger partial charge is 0.392 e. The summed E-state index contributed by atoms with van der Waals surface area (Å²) in [6, 6.07) is 5.49. The summed E-state index contributed by atoms with van der Waals surface area (Å²) in [6.07, 6.45) is 4.91. The molecule has 1 aromatic carbocycles. The van der Waals surface area contributed by atoms with E-state index in [1.807, 2.05) is 13.0 Å². The summed E-state index contributed by atoms with van der Waals surface area (Å²) < 4.78 is 13.4. The van der Waals surface area contributed by atoms with Gasteiger partial charge >= 0.3 is 0 Å². The summed E-state index contributed by atoms with van der Waals surface area (Å²) >= 11 is 5.04. The fourth-order valence-corrected chi connectivity index (χ4v) is 2.98. The van der Waals surface area contributed by atoms with Crippen molar-refractivity contribution in [1.29, 1.82) is 0 Å². The predicted octanol–water partition coefficient (Wildman–Crippen LogP) is 3.16. The van der Waals surface area contributed by atoms with Crippen LogP contribution in [-0.4, -0.2) is 22.5 Å². The van der Waals surface area contributed by atoms with Crippen molar-refractivity contribution in [3.63, 3.8) is 0 Å². The third-order valence-electron chi connectivity index (χ3n) is 3.88. The van der Waals surface area contributed by atoms with Gasteiger partial charge in [0.25, 0.3) is 0 Å². The van der Waals surface area contributed by atoms with Crippen LogP contribution in [0.2, 0.25) is 0 Å². The molecule has 2 N–H and O–H groups in total. The zero-order valence-electron chi connectivity index (χ0n) is 11.4. The number of nitrogens with two attached hydrogens (primary N) is 1. The van der Waals surface area contributed by atoms with Gasteiger partial charge < -0.3 is 5.73 Å². The number of benzene rings is 1. The van der Waals surface area contributed by atoms with Crippen molar-refractivity contribution in [3.05, 3.63) is 35.1 Å². The molecule has 4 heteroatoms. The van der Waals surface area contributed by atoms with Gasteiger partial charge in [0.05, 0.1) is 4.99 Å². The lowest BCUT2D eigenvalue weighted by Gasteiger charge is -2.29. The van der Waals surface area contributed by atoms with Crippen molar-refractivity contribution in [2.75, 3.05) is 6.54 Å². The number of thiocarbonyl (C=S) groups is 1. The van der Waals surface area contributed by atoms with E-state index in [1.165, 1.54) is 31.7 Å². The van der Waals surface area contributed by atoms with E-state index in [-0.39, 0.29) is 5.82 Å². The highest BCUT2D eigenvalue weighted by Gasteiger charge is 2.23. The molecule has 1 fully saturated rings. The summed E-state index contributed by atoms with van der Waals surface area (Å²) in [4.78, 5) is 2.82. The molecule has 2 nitrogen and oxygen atoms in total. The van der Waals surface area contributed by atoms with Gasteiger partial charge in [-0.1, -0.05) is 31.1 Å². The van der Waals surface area contributed by atoms with E-state index in [0.29, 0.717) is 17.6 Å². The van der Waals surface area contributed by atoms with Gasteiger partial charge in [-0.05, 0) is 43.0 Å². The predicted molar refractivity (Wildman–Crippen MR) is 80.6 cm³/mol. The quantitative estimate of drug-likeness (QED) is 0.840. The Kier molecular flexibility index (Phi) is 4.88. The van der Waals surface area contributed by atoms with Crippen molar-refractivity contribution >= 4 is 17.2 Å². The minimum Gasteiger partial charge on any atom is -0.392 e. The molecule has 0 spiro atoms. The Morgan fingerprint density at radius 3 is 2.74 bits per heavy atom. The van der Waals surface area contributed by atoms with Crippen LogP contribution in [0, 0.1) is 12.7 Å². The van der Waals surface area contributed by atoms with Crippen molar-refractivity contribution in [2.45, 2.75) is 45.2 Å². The molecule has 1 aliphatic carbocycles. The number of hydrogen-bond acceptors (Lipinski definition) is 2. The van der Waals surface area contributed by atoms with Crippen LogP contribution in [0.4, 0.5) is 4.39 Å². The van der Waals surface area contributed by atoms with Crippen LogP contribution in [0.15, 0.2) is 18.2 Å². The van der Waals surface area contributed by atoms with Gasteiger partial charge in [-0.15, -0.1) is 0 Å². The van der Waals surface area contributed by atoms with Crippen molar-refractivity contribution in [2.24, 2.45) is 5.73 Å². The molecular weight excluding hydrogens is 259 g/mol. The first kappa shape index (κ1) is 14.4. The van der Waals surface area contributed by atoms with Crippen molar-refractivity contribution < 1.29 is 4.39 Å². The Bertz CT molecular complexity index is 455. The van der Waals surface area contributed by atoms with E-state index >= 15 is 0 Å². The molecule has 1 aromatic rings. The summed E-state index contributed by atoms with van der Waals surface area (Å²) in [5.41, 5.74) is 7.85. The van der Waals surface area contributed by atoms with Gasteiger partial charge in [-0.3, -0.25) is 4.90 Å².